The molecule has 1 aliphatic carbocycles. The van der Waals surface area contributed by atoms with Crippen LogP contribution in [0, 0.1) is 5.92 Å². The molecular weight excluding hydrogens is 292 g/mol. The minimum atomic E-state index is -0.448. The molecule has 2 rings (SSSR count). The summed E-state index contributed by atoms with van der Waals surface area (Å²) in [6, 6.07) is 0.819. The Labute approximate surface area is 139 Å². The molecule has 3 unspecified atom stereocenters. The van der Waals surface area contributed by atoms with Crippen LogP contribution in [0.15, 0.2) is 18.7 Å². The van der Waals surface area contributed by atoms with Crippen molar-refractivity contribution in [3.63, 3.8) is 0 Å². The predicted octanol–water partition coefficient (Wildman–Crippen LogP) is 2.55. The van der Waals surface area contributed by atoms with Crippen molar-refractivity contribution in [2.45, 2.75) is 71.2 Å². The molecule has 23 heavy (non-hydrogen) atoms. The fraction of sp³-hybridized carbons (Fsp3) is 0.765. The maximum Gasteiger partial charge on any atom is 0.407 e. The number of carbonyl (C=O) groups is 1. The molecule has 0 aromatic carbocycles. The molecule has 0 radical (unpaired) electrons. The van der Waals surface area contributed by atoms with E-state index in [4.69, 9.17) is 4.74 Å². The number of nitrogens with one attached hydrogen (secondary N) is 2. The number of alkyl carbamates (subject to hydrolysis) is 1. The summed E-state index contributed by atoms with van der Waals surface area (Å²) in [6.07, 6.45) is 8.81. The molecular formula is C17H30N4O2. The summed E-state index contributed by atoms with van der Waals surface area (Å²) in [7, 11) is 0. The van der Waals surface area contributed by atoms with Gasteiger partial charge in [-0.3, -0.25) is 0 Å². The van der Waals surface area contributed by atoms with E-state index in [1.807, 2.05) is 33.3 Å². The lowest BCUT2D eigenvalue weighted by atomic mass is 10.0. The SMILES string of the molecule is CC(Cn1ccnc1)NC1CCCC1CNC(=O)OC(C)(C)C. The zero-order valence-corrected chi connectivity index (χ0v) is 14.7. The Morgan fingerprint density at radius 1 is 1.43 bits per heavy atom. The second-order valence-electron chi connectivity index (χ2n) is 7.51. The lowest BCUT2D eigenvalue weighted by Crippen LogP contribution is -2.44. The fourth-order valence-corrected chi connectivity index (χ4v) is 3.16. The van der Waals surface area contributed by atoms with E-state index >= 15 is 0 Å². The van der Waals surface area contributed by atoms with Gasteiger partial charge in [0.2, 0.25) is 0 Å². The molecule has 6 heteroatoms. The Morgan fingerprint density at radius 2 is 2.22 bits per heavy atom. The van der Waals surface area contributed by atoms with Crippen LogP contribution in [0.1, 0.15) is 47.0 Å². The van der Waals surface area contributed by atoms with Crippen molar-refractivity contribution >= 4 is 6.09 Å². The minimum absolute atomic E-state index is 0.324. The van der Waals surface area contributed by atoms with Crippen molar-refractivity contribution in [2.24, 2.45) is 5.92 Å². The Morgan fingerprint density at radius 3 is 2.87 bits per heavy atom. The van der Waals surface area contributed by atoms with Crippen LogP contribution in [0.25, 0.3) is 0 Å². The van der Waals surface area contributed by atoms with Gasteiger partial charge in [0.15, 0.2) is 0 Å². The summed E-state index contributed by atoms with van der Waals surface area (Å²) < 4.78 is 7.39. The van der Waals surface area contributed by atoms with E-state index in [1.165, 1.54) is 6.42 Å². The van der Waals surface area contributed by atoms with E-state index in [1.54, 1.807) is 6.20 Å². The first kappa shape index (κ1) is 17.8. The van der Waals surface area contributed by atoms with Gasteiger partial charge in [0.1, 0.15) is 5.60 Å². The highest BCUT2D eigenvalue weighted by atomic mass is 16.6. The van der Waals surface area contributed by atoms with Gasteiger partial charge in [0, 0.05) is 37.6 Å². The number of hydrogen-bond acceptors (Lipinski definition) is 4. The highest BCUT2D eigenvalue weighted by Crippen LogP contribution is 2.25. The second-order valence-corrected chi connectivity index (χ2v) is 7.51. The number of rotatable bonds is 6. The highest BCUT2D eigenvalue weighted by Gasteiger charge is 2.29. The summed E-state index contributed by atoms with van der Waals surface area (Å²) in [5, 5.41) is 6.61. The van der Waals surface area contributed by atoms with E-state index in [9.17, 15) is 4.79 Å². The average Bonchev–Trinajstić information content (AvgIpc) is 3.06. The van der Waals surface area contributed by atoms with Crippen LogP contribution in [-0.4, -0.2) is 39.9 Å². The van der Waals surface area contributed by atoms with Crippen LogP contribution in [0.3, 0.4) is 0 Å². The normalized spacial score (nSPS) is 22.8. The van der Waals surface area contributed by atoms with Crippen LogP contribution in [0.5, 0.6) is 0 Å². The van der Waals surface area contributed by atoms with E-state index < -0.39 is 5.60 Å². The number of aromatic nitrogens is 2. The zero-order valence-electron chi connectivity index (χ0n) is 14.7. The monoisotopic (exact) mass is 322 g/mol. The molecule has 1 fully saturated rings. The Bertz CT molecular complexity index is 481. The summed E-state index contributed by atoms with van der Waals surface area (Å²) in [5.74, 6) is 0.466. The number of hydrogen-bond donors (Lipinski definition) is 2. The summed E-state index contributed by atoms with van der Waals surface area (Å²) >= 11 is 0. The van der Waals surface area contributed by atoms with Gasteiger partial charge < -0.3 is 19.9 Å². The molecule has 0 spiro atoms. The third-order valence-corrected chi connectivity index (χ3v) is 4.11. The number of carbonyl (C=O) groups excluding carboxylic acids is 1. The molecule has 1 saturated carbocycles. The highest BCUT2D eigenvalue weighted by molar-refractivity contribution is 5.67. The fourth-order valence-electron chi connectivity index (χ4n) is 3.16. The largest absolute Gasteiger partial charge is 0.444 e. The summed E-state index contributed by atoms with van der Waals surface area (Å²) in [5.41, 5.74) is -0.448. The first-order valence-electron chi connectivity index (χ1n) is 8.52. The second kappa shape index (κ2) is 7.81. The van der Waals surface area contributed by atoms with Gasteiger partial charge in [-0.05, 0) is 46.5 Å². The molecule has 130 valence electrons. The van der Waals surface area contributed by atoms with Crippen LogP contribution < -0.4 is 10.6 Å². The third-order valence-electron chi connectivity index (χ3n) is 4.11. The Balaban J connectivity index is 1.75. The molecule has 0 saturated heterocycles. The van der Waals surface area contributed by atoms with Gasteiger partial charge >= 0.3 is 6.09 Å². The molecule has 1 aliphatic rings. The van der Waals surface area contributed by atoms with Crippen molar-refractivity contribution in [1.29, 1.82) is 0 Å². The van der Waals surface area contributed by atoms with Crippen LogP contribution in [-0.2, 0) is 11.3 Å². The number of imidazole rings is 1. The molecule has 1 aromatic heterocycles. The standard InChI is InChI=1S/C17H30N4O2/c1-13(11-21-9-8-18-12-21)20-15-7-5-6-14(15)10-19-16(22)23-17(2,3)4/h8-9,12-15,20H,5-7,10-11H2,1-4H3,(H,19,22). The summed E-state index contributed by atoms with van der Waals surface area (Å²) in [6.45, 7) is 9.41. The lowest BCUT2D eigenvalue weighted by molar-refractivity contribution is 0.0517. The van der Waals surface area contributed by atoms with Crippen molar-refractivity contribution < 1.29 is 9.53 Å². The molecule has 6 nitrogen and oxygen atoms in total. The van der Waals surface area contributed by atoms with Crippen LogP contribution in [0.2, 0.25) is 0 Å². The molecule has 0 aliphatic heterocycles. The van der Waals surface area contributed by atoms with E-state index in [2.05, 4.69) is 27.1 Å². The maximum atomic E-state index is 11.8. The first-order valence-corrected chi connectivity index (χ1v) is 8.52. The van der Waals surface area contributed by atoms with Crippen LogP contribution in [0.4, 0.5) is 4.79 Å². The first-order chi connectivity index (χ1) is 10.8. The number of nitrogens with zero attached hydrogens (tertiary/aromatic N) is 2. The van der Waals surface area contributed by atoms with Gasteiger partial charge in [0.25, 0.3) is 0 Å². The van der Waals surface area contributed by atoms with E-state index in [0.29, 0.717) is 24.5 Å². The Hall–Kier alpha value is -1.56. The third kappa shape index (κ3) is 6.22. The molecule has 0 bridgehead atoms. The van der Waals surface area contributed by atoms with Crippen molar-refractivity contribution in [3.05, 3.63) is 18.7 Å². The van der Waals surface area contributed by atoms with Gasteiger partial charge in [-0.25, -0.2) is 9.78 Å². The minimum Gasteiger partial charge on any atom is -0.444 e. The smallest absolute Gasteiger partial charge is 0.407 e. The van der Waals surface area contributed by atoms with Crippen molar-refractivity contribution in [3.8, 4) is 0 Å². The zero-order chi connectivity index (χ0) is 16.9. The Kier molecular flexibility index (Phi) is 6.04. The summed E-state index contributed by atoms with van der Waals surface area (Å²) in [4.78, 5) is 15.9. The van der Waals surface area contributed by atoms with Crippen molar-refractivity contribution in [2.75, 3.05) is 6.54 Å². The topological polar surface area (TPSA) is 68.2 Å². The quantitative estimate of drug-likeness (QED) is 0.844. The van der Waals surface area contributed by atoms with Gasteiger partial charge in [-0.15, -0.1) is 0 Å². The molecule has 1 amide bonds. The number of ether oxygens (including phenoxy) is 1. The molecule has 2 N–H and O–H groups in total. The average molecular weight is 322 g/mol. The molecule has 1 heterocycles. The molecule has 3 atom stereocenters. The van der Waals surface area contributed by atoms with E-state index in [0.717, 1.165) is 19.4 Å². The van der Waals surface area contributed by atoms with Gasteiger partial charge in [-0.1, -0.05) is 6.42 Å². The molecule has 1 aromatic rings. The van der Waals surface area contributed by atoms with E-state index in [-0.39, 0.29) is 6.09 Å². The van der Waals surface area contributed by atoms with Gasteiger partial charge in [-0.2, -0.15) is 0 Å². The number of amides is 1. The van der Waals surface area contributed by atoms with Gasteiger partial charge in [0.05, 0.1) is 6.33 Å². The maximum absolute atomic E-state index is 11.8. The van der Waals surface area contributed by atoms with Crippen LogP contribution >= 0.6 is 0 Å². The predicted molar refractivity (Wildman–Crippen MR) is 90.2 cm³/mol. The lowest BCUT2D eigenvalue weighted by Gasteiger charge is -2.26. The van der Waals surface area contributed by atoms with Crippen molar-refractivity contribution in [1.82, 2.24) is 20.2 Å².